The van der Waals surface area contributed by atoms with Gasteiger partial charge in [-0.2, -0.15) is 0 Å². The van der Waals surface area contributed by atoms with Gasteiger partial charge in [0, 0.05) is 37.3 Å². The Morgan fingerprint density at radius 2 is 2.11 bits per heavy atom. The molecule has 0 amide bonds. The molecule has 2 unspecified atom stereocenters. The highest BCUT2D eigenvalue weighted by atomic mass is 19.1. The Morgan fingerprint density at radius 1 is 1.32 bits per heavy atom. The number of hydrogen-bond donors (Lipinski definition) is 1. The molecule has 1 N–H and O–H groups in total. The van der Waals surface area contributed by atoms with E-state index in [4.69, 9.17) is 0 Å². The molecule has 2 fully saturated rings. The molecule has 0 saturated carbocycles. The Balaban J connectivity index is 1.92. The summed E-state index contributed by atoms with van der Waals surface area (Å²) in [7, 11) is 0. The summed E-state index contributed by atoms with van der Waals surface area (Å²) < 4.78 is 13.4. The molecule has 0 spiro atoms. The van der Waals surface area contributed by atoms with Crippen molar-refractivity contribution in [3.63, 3.8) is 0 Å². The molecule has 2 atom stereocenters. The largest absolute Gasteiger partial charge is 0.364 e. The predicted octanol–water partition coefficient (Wildman–Crippen LogP) is 2.06. The summed E-state index contributed by atoms with van der Waals surface area (Å²) in [4.78, 5) is 12.6. The fourth-order valence-corrected chi connectivity index (χ4v) is 3.07. The smallest absolute Gasteiger partial charge is 0.292 e. The van der Waals surface area contributed by atoms with Crippen molar-refractivity contribution in [3.8, 4) is 0 Å². The minimum absolute atomic E-state index is 0.0147. The molecule has 102 valence electrons. The van der Waals surface area contributed by atoms with E-state index < -0.39 is 10.7 Å². The fourth-order valence-electron chi connectivity index (χ4n) is 3.07. The van der Waals surface area contributed by atoms with E-state index >= 15 is 0 Å². The molecule has 1 aromatic rings. The lowest BCUT2D eigenvalue weighted by Gasteiger charge is -2.26. The zero-order valence-electron chi connectivity index (χ0n) is 10.5. The van der Waals surface area contributed by atoms with Crippen LogP contribution in [0.5, 0.6) is 0 Å². The second-order valence-corrected chi connectivity index (χ2v) is 5.26. The average Bonchev–Trinajstić information content (AvgIpc) is 2.68. The normalized spacial score (nSPS) is 26.3. The number of halogens is 1. The van der Waals surface area contributed by atoms with Crippen LogP contribution in [0.3, 0.4) is 0 Å². The van der Waals surface area contributed by atoms with Gasteiger partial charge in [0.25, 0.3) is 5.69 Å². The zero-order chi connectivity index (χ0) is 13.4. The van der Waals surface area contributed by atoms with Crippen LogP contribution < -0.4 is 10.2 Å². The summed E-state index contributed by atoms with van der Waals surface area (Å²) in [6.45, 7) is 1.44. The van der Waals surface area contributed by atoms with Crippen molar-refractivity contribution in [2.75, 3.05) is 18.0 Å². The van der Waals surface area contributed by atoms with Crippen molar-refractivity contribution in [1.82, 2.24) is 5.32 Å². The number of rotatable bonds is 2. The number of fused-ring (bicyclic) bond motifs is 2. The molecule has 2 saturated heterocycles. The van der Waals surface area contributed by atoms with E-state index in [9.17, 15) is 14.5 Å². The number of nitro benzene ring substituents is 1. The summed E-state index contributed by atoms with van der Waals surface area (Å²) in [5.41, 5.74) is 0.388. The van der Waals surface area contributed by atoms with Gasteiger partial charge in [0.2, 0.25) is 0 Å². The van der Waals surface area contributed by atoms with Crippen LogP contribution in [0, 0.1) is 15.9 Å². The van der Waals surface area contributed by atoms with E-state index in [2.05, 4.69) is 5.32 Å². The van der Waals surface area contributed by atoms with E-state index in [0.717, 1.165) is 25.5 Å². The van der Waals surface area contributed by atoms with Gasteiger partial charge in [-0.1, -0.05) is 0 Å². The van der Waals surface area contributed by atoms with Crippen LogP contribution in [0.25, 0.3) is 0 Å². The highest BCUT2D eigenvalue weighted by molar-refractivity contribution is 5.63. The molecule has 1 aromatic carbocycles. The summed E-state index contributed by atoms with van der Waals surface area (Å²) in [5, 5.41) is 14.6. The van der Waals surface area contributed by atoms with Crippen molar-refractivity contribution in [2.24, 2.45) is 0 Å². The predicted molar refractivity (Wildman–Crippen MR) is 69.8 cm³/mol. The van der Waals surface area contributed by atoms with Crippen LogP contribution in [-0.2, 0) is 0 Å². The molecule has 2 aliphatic rings. The molecule has 19 heavy (non-hydrogen) atoms. The van der Waals surface area contributed by atoms with Crippen LogP contribution in [0.15, 0.2) is 18.2 Å². The third kappa shape index (κ3) is 2.40. The van der Waals surface area contributed by atoms with Crippen molar-refractivity contribution in [2.45, 2.75) is 31.3 Å². The molecule has 0 radical (unpaired) electrons. The number of anilines is 1. The SMILES string of the molecule is O=[N+]([O-])c1ccc(F)cc1N1CCC2CCC(C1)N2. The number of benzene rings is 1. The third-order valence-electron chi connectivity index (χ3n) is 4.00. The van der Waals surface area contributed by atoms with Crippen LogP contribution in [-0.4, -0.2) is 30.1 Å². The first kappa shape index (κ1) is 12.3. The molecule has 6 heteroatoms. The van der Waals surface area contributed by atoms with Gasteiger partial charge < -0.3 is 10.2 Å². The highest BCUT2D eigenvalue weighted by Gasteiger charge is 2.31. The van der Waals surface area contributed by atoms with Gasteiger partial charge in [0.15, 0.2) is 0 Å². The van der Waals surface area contributed by atoms with Gasteiger partial charge in [-0.25, -0.2) is 4.39 Å². The zero-order valence-corrected chi connectivity index (χ0v) is 10.5. The standard InChI is InChI=1S/C13H16FN3O2/c14-9-1-4-12(17(18)19)13(7-9)16-6-5-10-2-3-11(8-16)15-10/h1,4,7,10-11,15H,2-3,5-6,8H2. The van der Waals surface area contributed by atoms with Gasteiger partial charge in [0.05, 0.1) is 4.92 Å². The van der Waals surface area contributed by atoms with Crippen molar-refractivity contribution >= 4 is 11.4 Å². The maximum Gasteiger partial charge on any atom is 0.292 e. The summed E-state index contributed by atoms with van der Waals surface area (Å²) >= 11 is 0. The van der Waals surface area contributed by atoms with Gasteiger partial charge in [-0.05, 0) is 25.3 Å². The summed E-state index contributed by atoms with van der Waals surface area (Å²) in [5.74, 6) is -0.428. The van der Waals surface area contributed by atoms with Gasteiger partial charge in [-0.15, -0.1) is 0 Å². The first-order valence-corrected chi connectivity index (χ1v) is 6.58. The highest BCUT2D eigenvalue weighted by Crippen LogP contribution is 2.32. The van der Waals surface area contributed by atoms with E-state index in [-0.39, 0.29) is 5.69 Å². The van der Waals surface area contributed by atoms with Crippen molar-refractivity contribution in [3.05, 3.63) is 34.1 Å². The lowest BCUT2D eigenvalue weighted by atomic mass is 10.1. The van der Waals surface area contributed by atoms with Crippen LogP contribution in [0.1, 0.15) is 19.3 Å². The van der Waals surface area contributed by atoms with E-state index in [1.54, 1.807) is 0 Å². The molecule has 0 aromatic heterocycles. The first-order chi connectivity index (χ1) is 9.13. The minimum Gasteiger partial charge on any atom is -0.364 e. The maximum absolute atomic E-state index is 13.4. The lowest BCUT2D eigenvalue weighted by molar-refractivity contribution is -0.384. The van der Waals surface area contributed by atoms with E-state index in [0.29, 0.717) is 24.3 Å². The molecular formula is C13H16FN3O2. The number of nitrogens with one attached hydrogen (secondary N) is 1. The van der Waals surface area contributed by atoms with Gasteiger partial charge >= 0.3 is 0 Å². The Kier molecular flexibility index (Phi) is 3.10. The number of nitrogens with zero attached hydrogens (tertiary/aromatic N) is 2. The number of hydrogen-bond acceptors (Lipinski definition) is 4. The molecule has 2 heterocycles. The Hall–Kier alpha value is -1.69. The molecule has 3 rings (SSSR count). The molecule has 5 nitrogen and oxygen atoms in total. The molecule has 2 aliphatic heterocycles. The maximum atomic E-state index is 13.4. The minimum atomic E-state index is -0.439. The first-order valence-electron chi connectivity index (χ1n) is 6.58. The molecular weight excluding hydrogens is 249 g/mol. The second kappa shape index (κ2) is 4.77. The van der Waals surface area contributed by atoms with Crippen molar-refractivity contribution in [1.29, 1.82) is 0 Å². The van der Waals surface area contributed by atoms with Crippen LogP contribution >= 0.6 is 0 Å². The Labute approximate surface area is 110 Å². The summed E-state index contributed by atoms with van der Waals surface area (Å²) in [6, 6.07) is 4.53. The molecule has 0 aliphatic carbocycles. The van der Waals surface area contributed by atoms with Crippen LogP contribution in [0.2, 0.25) is 0 Å². The lowest BCUT2D eigenvalue weighted by Crippen LogP contribution is -2.35. The quantitative estimate of drug-likeness (QED) is 0.657. The third-order valence-corrected chi connectivity index (χ3v) is 4.00. The Morgan fingerprint density at radius 3 is 2.89 bits per heavy atom. The van der Waals surface area contributed by atoms with E-state index in [1.165, 1.54) is 18.6 Å². The van der Waals surface area contributed by atoms with Crippen LogP contribution in [0.4, 0.5) is 15.8 Å². The van der Waals surface area contributed by atoms with Gasteiger partial charge in [0.1, 0.15) is 11.5 Å². The topological polar surface area (TPSA) is 58.4 Å². The van der Waals surface area contributed by atoms with E-state index in [1.807, 2.05) is 4.90 Å². The average molecular weight is 265 g/mol. The fraction of sp³-hybridized carbons (Fsp3) is 0.538. The van der Waals surface area contributed by atoms with Crippen molar-refractivity contribution < 1.29 is 9.31 Å². The second-order valence-electron chi connectivity index (χ2n) is 5.26. The number of nitro groups is 1. The molecule has 2 bridgehead atoms. The van der Waals surface area contributed by atoms with Gasteiger partial charge in [-0.3, -0.25) is 10.1 Å². The monoisotopic (exact) mass is 265 g/mol. The Bertz CT molecular complexity index is 509. The summed E-state index contributed by atoms with van der Waals surface area (Å²) in [6.07, 6.45) is 3.21.